The van der Waals surface area contributed by atoms with Crippen LogP contribution in [0.15, 0.2) is 53.4 Å². The van der Waals surface area contributed by atoms with Crippen molar-refractivity contribution in [2.75, 3.05) is 4.31 Å². The summed E-state index contributed by atoms with van der Waals surface area (Å²) in [6, 6.07) is 15.3. The molecular weight excluding hydrogens is 308 g/mol. The number of carbonyl (C=O) groups excluding carboxylic acids is 1. The van der Waals surface area contributed by atoms with E-state index >= 15 is 0 Å². The number of nitrogens with one attached hydrogen (secondary N) is 1. The Hall–Kier alpha value is -1.69. The van der Waals surface area contributed by atoms with Crippen molar-refractivity contribution in [2.45, 2.75) is 17.4 Å². The normalized spacial score (nSPS) is 16.7. The molecule has 1 aliphatic heterocycles. The Bertz CT molecular complexity index is 666. The van der Waals surface area contributed by atoms with Gasteiger partial charge in [-0.2, -0.15) is 0 Å². The Morgan fingerprint density at radius 1 is 1.29 bits per heavy atom. The topological polar surface area (TPSA) is 52.6 Å². The summed E-state index contributed by atoms with van der Waals surface area (Å²) >= 11 is 7.60. The third kappa shape index (κ3) is 2.85. The molecule has 3 rings (SSSR count). The van der Waals surface area contributed by atoms with Crippen molar-refractivity contribution < 1.29 is 10.0 Å². The Labute approximate surface area is 131 Å². The van der Waals surface area contributed by atoms with E-state index in [9.17, 15) is 4.79 Å². The summed E-state index contributed by atoms with van der Waals surface area (Å²) in [6.45, 7) is 0. The predicted molar refractivity (Wildman–Crippen MR) is 83.5 cm³/mol. The zero-order valence-electron chi connectivity index (χ0n) is 11.0. The average Bonchev–Trinajstić information content (AvgIpc) is 2.85. The lowest BCUT2D eigenvalue weighted by Crippen LogP contribution is -2.26. The van der Waals surface area contributed by atoms with Gasteiger partial charge in [0.05, 0.1) is 12.5 Å². The first-order valence-corrected chi connectivity index (χ1v) is 7.59. The van der Waals surface area contributed by atoms with E-state index in [0.29, 0.717) is 5.02 Å². The number of hydrogen-bond donors (Lipinski definition) is 2. The molecule has 2 aromatic rings. The molecule has 0 radical (unpaired) electrons. The lowest BCUT2D eigenvalue weighted by molar-refractivity contribution is -0.129. The van der Waals surface area contributed by atoms with E-state index in [1.807, 2.05) is 48.5 Å². The van der Waals surface area contributed by atoms with Gasteiger partial charge < -0.3 is 4.31 Å². The van der Waals surface area contributed by atoms with Crippen LogP contribution in [0, 0.1) is 0 Å². The van der Waals surface area contributed by atoms with Crippen molar-refractivity contribution in [3.63, 3.8) is 0 Å². The molecule has 0 bridgehead atoms. The van der Waals surface area contributed by atoms with Crippen LogP contribution in [0.4, 0.5) is 5.69 Å². The standard InChI is InChI=1S/C15H13ClN2O2S/c16-10-6-7-12-13(9-15(19)17-20)18(21-14(12)8-10)11-4-2-1-3-5-11/h1-8,13,20H,9H2,(H,17,19). The quantitative estimate of drug-likeness (QED) is 0.513. The summed E-state index contributed by atoms with van der Waals surface area (Å²) in [5, 5.41) is 9.47. The smallest absolute Gasteiger partial charge is 0.245 e. The van der Waals surface area contributed by atoms with Gasteiger partial charge in [0.1, 0.15) is 0 Å². The Morgan fingerprint density at radius 3 is 2.76 bits per heavy atom. The largest absolute Gasteiger partial charge is 0.304 e. The average molecular weight is 321 g/mol. The van der Waals surface area contributed by atoms with Crippen molar-refractivity contribution in [1.82, 2.24) is 5.48 Å². The Kier molecular flexibility index (Phi) is 4.05. The number of amides is 1. The summed E-state index contributed by atoms with van der Waals surface area (Å²) < 4.78 is 2.07. The third-order valence-corrected chi connectivity index (χ3v) is 4.78. The number of benzene rings is 2. The fourth-order valence-corrected chi connectivity index (χ4v) is 3.86. The van der Waals surface area contributed by atoms with Crippen LogP contribution in [0.25, 0.3) is 0 Å². The molecule has 0 aliphatic carbocycles. The highest BCUT2D eigenvalue weighted by molar-refractivity contribution is 8.01. The van der Waals surface area contributed by atoms with Gasteiger partial charge in [0.15, 0.2) is 0 Å². The SMILES string of the molecule is O=C(CC1c2ccc(Cl)cc2SN1c1ccccc1)NO. The van der Waals surface area contributed by atoms with Crippen LogP contribution in [0.5, 0.6) is 0 Å². The number of rotatable bonds is 3. The maximum Gasteiger partial charge on any atom is 0.245 e. The number of hydroxylamine groups is 1. The number of para-hydroxylation sites is 1. The van der Waals surface area contributed by atoms with Crippen molar-refractivity contribution in [2.24, 2.45) is 0 Å². The van der Waals surface area contributed by atoms with Gasteiger partial charge in [0.2, 0.25) is 5.91 Å². The van der Waals surface area contributed by atoms with Crippen LogP contribution in [0.3, 0.4) is 0 Å². The number of carbonyl (C=O) groups is 1. The van der Waals surface area contributed by atoms with Crippen molar-refractivity contribution in [3.05, 3.63) is 59.1 Å². The van der Waals surface area contributed by atoms with Gasteiger partial charge in [-0.15, -0.1) is 0 Å². The van der Waals surface area contributed by atoms with Crippen LogP contribution in [0.1, 0.15) is 18.0 Å². The molecule has 0 spiro atoms. The van der Waals surface area contributed by atoms with E-state index in [2.05, 4.69) is 4.31 Å². The first-order chi connectivity index (χ1) is 10.2. The Morgan fingerprint density at radius 2 is 2.05 bits per heavy atom. The second kappa shape index (κ2) is 5.97. The number of halogens is 1. The molecule has 1 unspecified atom stereocenters. The van der Waals surface area contributed by atoms with Crippen LogP contribution in [0.2, 0.25) is 5.02 Å². The molecular formula is C15H13ClN2O2S. The van der Waals surface area contributed by atoms with Crippen LogP contribution in [-0.2, 0) is 4.79 Å². The van der Waals surface area contributed by atoms with Gasteiger partial charge >= 0.3 is 0 Å². The van der Waals surface area contributed by atoms with Gasteiger partial charge in [-0.3, -0.25) is 10.0 Å². The first-order valence-electron chi connectivity index (χ1n) is 6.43. The summed E-state index contributed by atoms with van der Waals surface area (Å²) in [6.07, 6.45) is 0.174. The van der Waals surface area contributed by atoms with E-state index in [4.69, 9.17) is 16.8 Å². The monoisotopic (exact) mass is 320 g/mol. The molecule has 1 atom stereocenters. The molecule has 2 aromatic carbocycles. The van der Waals surface area contributed by atoms with E-state index in [1.165, 1.54) is 0 Å². The van der Waals surface area contributed by atoms with Gasteiger partial charge in [0, 0.05) is 15.6 Å². The summed E-state index contributed by atoms with van der Waals surface area (Å²) in [5.74, 6) is -0.413. The van der Waals surface area contributed by atoms with Crippen LogP contribution < -0.4 is 9.79 Å². The van der Waals surface area contributed by atoms with Crippen LogP contribution >= 0.6 is 23.5 Å². The maximum absolute atomic E-state index is 11.6. The molecule has 1 aliphatic rings. The highest BCUT2D eigenvalue weighted by Gasteiger charge is 2.33. The maximum atomic E-state index is 11.6. The molecule has 0 saturated heterocycles. The van der Waals surface area contributed by atoms with Crippen molar-refractivity contribution in [3.8, 4) is 0 Å². The number of nitrogens with zero attached hydrogens (tertiary/aromatic N) is 1. The fraction of sp³-hybridized carbons (Fsp3) is 0.133. The zero-order chi connectivity index (χ0) is 14.8. The highest BCUT2D eigenvalue weighted by Crippen LogP contribution is 2.48. The van der Waals surface area contributed by atoms with Gasteiger partial charge in [-0.05, 0) is 41.8 Å². The van der Waals surface area contributed by atoms with E-state index in [0.717, 1.165) is 16.1 Å². The molecule has 0 aromatic heterocycles. The minimum Gasteiger partial charge on any atom is -0.304 e. The molecule has 108 valence electrons. The second-order valence-electron chi connectivity index (χ2n) is 4.69. The van der Waals surface area contributed by atoms with E-state index < -0.39 is 5.91 Å². The molecule has 1 heterocycles. The fourth-order valence-electron chi connectivity index (χ4n) is 2.38. The van der Waals surface area contributed by atoms with E-state index in [-0.39, 0.29) is 12.5 Å². The van der Waals surface area contributed by atoms with Crippen molar-refractivity contribution in [1.29, 1.82) is 0 Å². The number of anilines is 1. The number of fused-ring (bicyclic) bond motifs is 1. The third-order valence-electron chi connectivity index (χ3n) is 3.33. The van der Waals surface area contributed by atoms with Gasteiger partial charge in [0.25, 0.3) is 0 Å². The van der Waals surface area contributed by atoms with Crippen LogP contribution in [-0.4, -0.2) is 11.1 Å². The molecule has 0 fully saturated rings. The summed E-state index contributed by atoms with van der Waals surface area (Å²) in [5.41, 5.74) is 3.75. The zero-order valence-corrected chi connectivity index (χ0v) is 12.6. The lowest BCUT2D eigenvalue weighted by atomic mass is 10.0. The molecule has 0 saturated carbocycles. The molecule has 2 N–H and O–H groups in total. The minimum absolute atomic E-state index is 0.142. The summed E-state index contributed by atoms with van der Waals surface area (Å²) in [7, 11) is 0. The van der Waals surface area contributed by atoms with Gasteiger partial charge in [-0.1, -0.05) is 35.9 Å². The molecule has 6 heteroatoms. The second-order valence-corrected chi connectivity index (χ2v) is 6.14. The first kappa shape index (κ1) is 14.3. The molecule has 1 amide bonds. The van der Waals surface area contributed by atoms with Gasteiger partial charge in [-0.25, -0.2) is 5.48 Å². The lowest BCUT2D eigenvalue weighted by Gasteiger charge is -2.24. The Balaban J connectivity index is 1.99. The van der Waals surface area contributed by atoms with Crippen molar-refractivity contribution >= 4 is 35.1 Å². The molecule has 4 nitrogen and oxygen atoms in total. The predicted octanol–water partition coefficient (Wildman–Crippen LogP) is 3.80. The number of hydrogen-bond acceptors (Lipinski definition) is 4. The minimum atomic E-state index is -0.413. The van der Waals surface area contributed by atoms with E-state index in [1.54, 1.807) is 17.4 Å². The highest BCUT2D eigenvalue weighted by atomic mass is 35.5. The molecule has 21 heavy (non-hydrogen) atoms. The summed E-state index contributed by atoms with van der Waals surface area (Å²) in [4.78, 5) is 12.6.